The van der Waals surface area contributed by atoms with E-state index in [1.807, 2.05) is 23.1 Å². The molecular weight excluding hydrogens is 354 g/mol. The summed E-state index contributed by atoms with van der Waals surface area (Å²) in [4.78, 5) is 44.4. The predicted octanol–water partition coefficient (Wildman–Crippen LogP) is 2.21. The molecule has 1 atom stereocenters. The number of rotatable bonds is 4. The van der Waals surface area contributed by atoms with Gasteiger partial charge in [0.15, 0.2) is 0 Å². The lowest BCUT2D eigenvalue weighted by molar-refractivity contribution is -0.145. The Morgan fingerprint density at radius 2 is 1.71 bits per heavy atom. The van der Waals surface area contributed by atoms with Gasteiger partial charge in [0, 0.05) is 25.7 Å². The number of aromatic nitrogens is 1. The number of piperidine rings is 1. The molecule has 2 aliphatic heterocycles. The van der Waals surface area contributed by atoms with Crippen LogP contribution in [0.5, 0.6) is 0 Å². The third-order valence-corrected chi connectivity index (χ3v) is 5.95. The van der Waals surface area contributed by atoms with Crippen LogP contribution in [0.2, 0.25) is 0 Å². The van der Waals surface area contributed by atoms with Crippen LogP contribution in [-0.4, -0.2) is 51.8 Å². The molecule has 2 aliphatic rings. The Morgan fingerprint density at radius 3 is 2.46 bits per heavy atom. The number of nitrogens with one attached hydrogen (secondary N) is 1. The Labute approximate surface area is 164 Å². The maximum absolute atomic E-state index is 13.4. The third kappa shape index (κ3) is 3.35. The number of pyridine rings is 1. The topological polar surface area (TPSA) is 73.5 Å². The summed E-state index contributed by atoms with van der Waals surface area (Å²) in [5.74, 6) is -0.202. The van der Waals surface area contributed by atoms with Crippen LogP contribution in [0.15, 0.2) is 53.3 Å². The molecule has 28 heavy (non-hydrogen) atoms. The van der Waals surface area contributed by atoms with E-state index in [1.54, 1.807) is 17.0 Å². The van der Waals surface area contributed by atoms with Crippen LogP contribution in [0, 0.1) is 0 Å². The normalized spacial score (nSPS) is 22.1. The number of H-pyrrole nitrogens is 1. The van der Waals surface area contributed by atoms with Crippen molar-refractivity contribution < 1.29 is 9.59 Å². The summed E-state index contributed by atoms with van der Waals surface area (Å²) >= 11 is 0. The highest BCUT2D eigenvalue weighted by Crippen LogP contribution is 2.39. The first-order valence-corrected chi connectivity index (χ1v) is 9.95. The lowest BCUT2D eigenvalue weighted by atomic mass is 9.85. The largest absolute Gasteiger partial charge is 0.340 e. The summed E-state index contributed by atoms with van der Waals surface area (Å²) < 4.78 is 0. The zero-order valence-electron chi connectivity index (χ0n) is 15.9. The zero-order valence-corrected chi connectivity index (χ0v) is 15.9. The summed E-state index contributed by atoms with van der Waals surface area (Å²) in [5.41, 5.74) is 0.385. The number of amides is 2. The first kappa shape index (κ1) is 18.5. The van der Waals surface area contributed by atoms with Gasteiger partial charge in [0.2, 0.25) is 11.5 Å². The molecule has 0 bridgehead atoms. The molecule has 0 saturated carbocycles. The van der Waals surface area contributed by atoms with Crippen LogP contribution in [0.25, 0.3) is 0 Å². The van der Waals surface area contributed by atoms with Crippen molar-refractivity contribution in [3.05, 3.63) is 70.1 Å². The fourth-order valence-electron chi connectivity index (χ4n) is 4.56. The van der Waals surface area contributed by atoms with Gasteiger partial charge in [-0.25, -0.2) is 0 Å². The molecule has 4 rings (SSSR count). The van der Waals surface area contributed by atoms with Gasteiger partial charge in [-0.2, -0.15) is 0 Å². The lowest BCUT2D eigenvalue weighted by Gasteiger charge is -2.44. The summed E-state index contributed by atoms with van der Waals surface area (Å²) in [5, 5.41) is 0. The van der Waals surface area contributed by atoms with E-state index in [1.165, 1.54) is 11.6 Å². The Balaban J connectivity index is 1.54. The fraction of sp³-hybridized carbons (Fsp3) is 0.409. The average molecular weight is 379 g/mol. The van der Waals surface area contributed by atoms with Crippen molar-refractivity contribution in [3.8, 4) is 0 Å². The Kier molecular flexibility index (Phi) is 5.03. The maximum atomic E-state index is 13.4. The molecule has 2 fully saturated rings. The maximum Gasteiger partial charge on any atom is 0.271 e. The van der Waals surface area contributed by atoms with Gasteiger partial charge in [0.05, 0.1) is 0 Å². The first-order chi connectivity index (χ1) is 13.6. The monoisotopic (exact) mass is 379 g/mol. The molecule has 1 unspecified atom stereocenters. The fourth-order valence-corrected chi connectivity index (χ4v) is 4.56. The minimum atomic E-state index is -0.765. The smallest absolute Gasteiger partial charge is 0.271 e. The van der Waals surface area contributed by atoms with E-state index in [-0.39, 0.29) is 23.1 Å². The summed E-state index contributed by atoms with van der Waals surface area (Å²) in [6.45, 7) is 1.94. The molecule has 146 valence electrons. The van der Waals surface area contributed by atoms with Crippen molar-refractivity contribution in [3.63, 3.8) is 0 Å². The second kappa shape index (κ2) is 7.62. The number of hydrogen-bond donors (Lipinski definition) is 1. The van der Waals surface area contributed by atoms with E-state index in [0.717, 1.165) is 25.8 Å². The average Bonchev–Trinajstić information content (AvgIpc) is 3.14. The molecule has 2 aromatic rings. The molecule has 0 radical (unpaired) electrons. The van der Waals surface area contributed by atoms with Gasteiger partial charge in [0.25, 0.3) is 5.91 Å². The molecular formula is C22H25N3O3. The van der Waals surface area contributed by atoms with Crippen LogP contribution in [-0.2, 0) is 11.2 Å². The van der Waals surface area contributed by atoms with Crippen LogP contribution in [0.1, 0.15) is 41.7 Å². The van der Waals surface area contributed by atoms with Crippen LogP contribution in [0.3, 0.4) is 0 Å². The van der Waals surface area contributed by atoms with Gasteiger partial charge in [-0.3, -0.25) is 14.4 Å². The molecule has 6 nitrogen and oxygen atoms in total. The van der Waals surface area contributed by atoms with E-state index < -0.39 is 5.54 Å². The second-order valence-electron chi connectivity index (χ2n) is 7.65. The van der Waals surface area contributed by atoms with Gasteiger partial charge in [0.1, 0.15) is 11.2 Å². The number of carbonyl (C=O) groups is 2. The highest BCUT2D eigenvalue weighted by Gasteiger charge is 2.52. The molecule has 1 aromatic heterocycles. The molecule has 1 N–H and O–H groups in total. The number of aromatic amines is 1. The van der Waals surface area contributed by atoms with Gasteiger partial charge in [-0.1, -0.05) is 36.4 Å². The predicted molar refractivity (Wildman–Crippen MR) is 106 cm³/mol. The summed E-state index contributed by atoms with van der Waals surface area (Å²) in [6.07, 6.45) is 3.88. The summed E-state index contributed by atoms with van der Waals surface area (Å²) in [6, 6.07) is 14.7. The molecule has 6 heteroatoms. The van der Waals surface area contributed by atoms with Crippen molar-refractivity contribution >= 4 is 11.8 Å². The van der Waals surface area contributed by atoms with Crippen molar-refractivity contribution in [2.24, 2.45) is 0 Å². The van der Waals surface area contributed by atoms with Crippen molar-refractivity contribution in [2.75, 3.05) is 19.6 Å². The van der Waals surface area contributed by atoms with Crippen molar-refractivity contribution in [2.45, 2.75) is 37.6 Å². The van der Waals surface area contributed by atoms with E-state index in [9.17, 15) is 14.4 Å². The van der Waals surface area contributed by atoms with Gasteiger partial charge in [-0.15, -0.1) is 0 Å². The highest BCUT2D eigenvalue weighted by atomic mass is 16.2. The Hall–Kier alpha value is -2.89. The lowest BCUT2D eigenvalue weighted by Crippen LogP contribution is -2.61. The quantitative estimate of drug-likeness (QED) is 0.885. The number of hydrogen-bond acceptors (Lipinski definition) is 3. The van der Waals surface area contributed by atoms with E-state index in [4.69, 9.17) is 0 Å². The first-order valence-electron chi connectivity index (χ1n) is 9.95. The van der Waals surface area contributed by atoms with Gasteiger partial charge >= 0.3 is 0 Å². The minimum absolute atomic E-state index is 0.0545. The molecule has 2 saturated heterocycles. The standard InChI is InChI=1S/C22H25N3O3/c26-19-10-4-9-18(23-19)20(27)25-15-6-13-22(25)12-5-14-24(21(22)28)16-11-17-7-2-1-3-8-17/h1-4,7-10H,5-6,11-16H2,(H,23,26). The second-order valence-corrected chi connectivity index (χ2v) is 7.65. The van der Waals surface area contributed by atoms with Gasteiger partial charge in [-0.05, 0) is 43.7 Å². The molecule has 0 aliphatic carbocycles. The van der Waals surface area contributed by atoms with Crippen LogP contribution in [0.4, 0.5) is 0 Å². The highest BCUT2D eigenvalue weighted by molar-refractivity contribution is 5.98. The minimum Gasteiger partial charge on any atom is -0.340 e. The molecule has 1 spiro atoms. The van der Waals surface area contributed by atoms with Crippen molar-refractivity contribution in [1.29, 1.82) is 0 Å². The number of benzene rings is 1. The molecule has 1 aromatic carbocycles. The van der Waals surface area contributed by atoms with E-state index >= 15 is 0 Å². The van der Waals surface area contributed by atoms with E-state index in [2.05, 4.69) is 17.1 Å². The number of carbonyl (C=O) groups excluding carboxylic acids is 2. The molecule has 3 heterocycles. The van der Waals surface area contributed by atoms with Crippen molar-refractivity contribution in [1.82, 2.24) is 14.8 Å². The zero-order chi connectivity index (χ0) is 19.6. The summed E-state index contributed by atoms with van der Waals surface area (Å²) in [7, 11) is 0. The number of nitrogens with zero attached hydrogens (tertiary/aromatic N) is 2. The SMILES string of the molecule is O=C(c1cccc(=O)[nH]1)N1CCCC12CCCN(CCc1ccccc1)C2=O. The van der Waals surface area contributed by atoms with Gasteiger partial charge < -0.3 is 14.8 Å². The molecule has 2 amide bonds. The third-order valence-electron chi connectivity index (χ3n) is 5.95. The Bertz CT molecular complexity index is 924. The van der Waals surface area contributed by atoms with E-state index in [0.29, 0.717) is 25.9 Å². The van der Waals surface area contributed by atoms with Crippen LogP contribution >= 0.6 is 0 Å². The number of likely N-dealkylation sites (tertiary alicyclic amines) is 2. The Morgan fingerprint density at radius 1 is 0.964 bits per heavy atom. The van der Waals surface area contributed by atoms with Crippen LogP contribution < -0.4 is 5.56 Å².